The van der Waals surface area contributed by atoms with E-state index in [0.717, 1.165) is 18.1 Å². The van der Waals surface area contributed by atoms with E-state index in [-0.39, 0.29) is 6.42 Å². The lowest BCUT2D eigenvalue weighted by molar-refractivity contribution is 0.00578. The van der Waals surface area contributed by atoms with Gasteiger partial charge in [-0.1, -0.05) is 25.7 Å². The predicted molar refractivity (Wildman–Crippen MR) is 111 cm³/mol. The molecule has 3 nitrogen and oxygen atoms in total. The Bertz CT molecular complexity index is 777. The molecule has 0 amide bonds. The van der Waals surface area contributed by atoms with E-state index in [2.05, 4.69) is 11.6 Å². The summed E-state index contributed by atoms with van der Waals surface area (Å²) in [6.45, 7) is 13.6. The topological polar surface area (TPSA) is 30.8 Å². The number of hydrogen-bond acceptors (Lipinski definition) is 3. The molecule has 1 aromatic carbocycles. The van der Waals surface area contributed by atoms with Crippen molar-refractivity contribution in [3.05, 3.63) is 71.5 Å². The number of aliphatic imine (C=N–C) groups is 1. The van der Waals surface area contributed by atoms with Crippen molar-refractivity contribution in [2.75, 3.05) is 0 Å². The quantitative estimate of drug-likeness (QED) is 0.346. The summed E-state index contributed by atoms with van der Waals surface area (Å²) >= 11 is 0. The summed E-state index contributed by atoms with van der Waals surface area (Å²) in [5.41, 5.74) is 1.24. The van der Waals surface area contributed by atoms with E-state index in [1.54, 1.807) is 12.2 Å². The van der Waals surface area contributed by atoms with Gasteiger partial charge < -0.3 is 9.31 Å². The number of benzene rings is 1. The molecular formula is C22H28BF2NO2. The van der Waals surface area contributed by atoms with Gasteiger partial charge in [0.05, 0.1) is 11.2 Å². The fourth-order valence-electron chi connectivity index (χ4n) is 2.80. The van der Waals surface area contributed by atoms with Gasteiger partial charge in [0, 0.05) is 24.3 Å². The number of halogens is 2. The lowest BCUT2D eigenvalue weighted by Crippen LogP contribution is -2.41. The Morgan fingerprint density at radius 1 is 1.11 bits per heavy atom. The molecule has 0 radical (unpaired) electrons. The van der Waals surface area contributed by atoms with E-state index in [1.165, 1.54) is 12.1 Å². The molecule has 0 aliphatic carbocycles. The van der Waals surface area contributed by atoms with Crippen LogP contribution in [-0.2, 0) is 15.7 Å². The first kappa shape index (κ1) is 22.2. The first-order valence-electron chi connectivity index (χ1n) is 9.43. The van der Waals surface area contributed by atoms with E-state index in [4.69, 9.17) is 9.31 Å². The van der Waals surface area contributed by atoms with E-state index in [1.807, 2.05) is 46.8 Å². The monoisotopic (exact) mass is 387 g/mol. The molecule has 2 rings (SSSR count). The van der Waals surface area contributed by atoms with Crippen LogP contribution >= 0.6 is 0 Å². The fraction of sp³-hybridized carbons (Fsp3) is 0.409. The summed E-state index contributed by atoms with van der Waals surface area (Å²) in [4.78, 5) is 4.53. The summed E-state index contributed by atoms with van der Waals surface area (Å²) in [7, 11) is -0.592. The third-order valence-electron chi connectivity index (χ3n) is 5.03. The second-order valence-electron chi connectivity index (χ2n) is 7.82. The van der Waals surface area contributed by atoms with Crippen molar-refractivity contribution >= 4 is 13.2 Å². The second-order valence-corrected chi connectivity index (χ2v) is 7.82. The van der Waals surface area contributed by atoms with Crippen molar-refractivity contribution in [2.45, 2.75) is 58.7 Å². The van der Waals surface area contributed by atoms with Crippen LogP contribution in [0.5, 0.6) is 0 Å². The molecule has 1 aliphatic rings. The highest BCUT2D eigenvalue weighted by Crippen LogP contribution is 2.36. The van der Waals surface area contributed by atoms with Gasteiger partial charge in [-0.15, -0.1) is 0 Å². The van der Waals surface area contributed by atoms with Gasteiger partial charge >= 0.3 is 7.12 Å². The zero-order valence-corrected chi connectivity index (χ0v) is 17.3. The SMILES string of the molecule is C=C/C=C(/C=C(Cc1cc(F)cc(F)c1)\N=C/B1OC(C)(C)C(C)(C)O1)CC. The van der Waals surface area contributed by atoms with E-state index >= 15 is 0 Å². The standard InChI is InChI=1S/C22H28BF2NO2/c1-7-9-16(8-2)12-20(13-17-10-18(24)14-19(25)11-17)26-15-23-27-21(3,4)22(5,6)28-23/h7,9-12,14-15H,1,8,13H2,2-6H3/b16-9+,20-12-,26-15-. The molecular weight excluding hydrogens is 359 g/mol. The van der Waals surface area contributed by atoms with Gasteiger partial charge in [0.15, 0.2) is 0 Å². The minimum Gasteiger partial charge on any atom is -0.399 e. The Morgan fingerprint density at radius 2 is 1.68 bits per heavy atom. The Labute approximate surface area is 167 Å². The van der Waals surface area contributed by atoms with Gasteiger partial charge in [-0.2, -0.15) is 0 Å². The highest BCUT2D eigenvalue weighted by molar-refractivity contribution is 6.75. The average Bonchev–Trinajstić information content (AvgIpc) is 2.78. The molecule has 150 valence electrons. The molecule has 0 spiro atoms. The van der Waals surface area contributed by atoms with Crippen molar-refractivity contribution < 1.29 is 18.1 Å². The Kier molecular flexibility index (Phi) is 7.13. The first-order chi connectivity index (χ1) is 13.1. The lowest BCUT2D eigenvalue weighted by Gasteiger charge is -2.32. The van der Waals surface area contributed by atoms with Crippen LogP contribution in [0.2, 0.25) is 0 Å². The molecule has 0 aromatic heterocycles. The van der Waals surface area contributed by atoms with Crippen LogP contribution in [-0.4, -0.2) is 24.4 Å². The number of allylic oxidation sites excluding steroid dienone is 5. The van der Waals surface area contributed by atoms with Crippen LogP contribution in [0.25, 0.3) is 0 Å². The summed E-state index contributed by atoms with van der Waals surface area (Å²) < 4.78 is 39.0. The molecule has 6 heteroatoms. The molecule has 0 atom stereocenters. The lowest BCUT2D eigenvalue weighted by atomic mass is 9.90. The van der Waals surface area contributed by atoms with Gasteiger partial charge in [0.25, 0.3) is 0 Å². The third kappa shape index (κ3) is 5.73. The smallest absolute Gasteiger partial charge is 0.399 e. The number of nitrogens with zero attached hydrogens (tertiary/aromatic N) is 1. The molecule has 0 bridgehead atoms. The summed E-state index contributed by atoms with van der Waals surface area (Å²) in [6.07, 6.45) is 8.13. The summed E-state index contributed by atoms with van der Waals surface area (Å²) in [6, 6.07) is 3.48. The van der Waals surface area contributed by atoms with Crippen molar-refractivity contribution in [1.29, 1.82) is 0 Å². The van der Waals surface area contributed by atoms with Crippen LogP contribution < -0.4 is 0 Å². The number of rotatable bonds is 7. The maximum Gasteiger partial charge on any atom is 0.506 e. The van der Waals surface area contributed by atoms with Gasteiger partial charge in [-0.05, 0) is 63.5 Å². The molecule has 1 aliphatic heterocycles. The van der Waals surface area contributed by atoms with Crippen molar-refractivity contribution in [3.63, 3.8) is 0 Å². The zero-order valence-electron chi connectivity index (χ0n) is 17.3. The minimum absolute atomic E-state index is 0.277. The molecule has 28 heavy (non-hydrogen) atoms. The van der Waals surface area contributed by atoms with Crippen molar-refractivity contribution in [3.8, 4) is 0 Å². The average molecular weight is 387 g/mol. The summed E-state index contributed by atoms with van der Waals surface area (Å²) in [5.74, 6) is -1.22. The van der Waals surface area contributed by atoms with Crippen LogP contribution in [0.15, 0.2) is 59.3 Å². The Morgan fingerprint density at radius 3 is 2.18 bits per heavy atom. The zero-order chi connectivity index (χ0) is 20.9. The molecule has 1 saturated heterocycles. The highest BCUT2D eigenvalue weighted by atomic mass is 19.1. The predicted octanol–water partition coefficient (Wildman–Crippen LogP) is 5.62. The van der Waals surface area contributed by atoms with Crippen molar-refractivity contribution in [1.82, 2.24) is 0 Å². The van der Waals surface area contributed by atoms with Gasteiger partial charge in [-0.25, -0.2) is 8.78 Å². The minimum atomic E-state index is -0.610. The molecule has 0 unspecified atom stereocenters. The van der Waals surface area contributed by atoms with Crippen LogP contribution in [0, 0.1) is 11.6 Å². The molecule has 0 saturated carbocycles. The molecule has 0 N–H and O–H groups in total. The largest absolute Gasteiger partial charge is 0.506 e. The van der Waals surface area contributed by atoms with E-state index in [0.29, 0.717) is 11.3 Å². The Hall–Kier alpha value is -2.05. The fourth-order valence-corrected chi connectivity index (χ4v) is 2.80. The third-order valence-corrected chi connectivity index (χ3v) is 5.03. The van der Waals surface area contributed by atoms with Crippen LogP contribution in [0.4, 0.5) is 8.78 Å². The van der Waals surface area contributed by atoms with Gasteiger partial charge in [0.1, 0.15) is 11.6 Å². The Balaban J connectivity index is 2.30. The van der Waals surface area contributed by atoms with E-state index < -0.39 is 30.0 Å². The van der Waals surface area contributed by atoms with Crippen LogP contribution in [0.1, 0.15) is 46.6 Å². The first-order valence-corrected chi connectivity index (χ1v) is 9.43. The van der Waals surface area contributed by atoms with Gasteiger partial charge in [0.2, 0.25) is 0 Å². The normalized spacial score (nSPS) is 19.5. The molecule has 1 aromatic rings. The van der Waals surface area contributed by atoms with Crippen LogP contribution in [0.3, 0.4) is 0 Å². The van der Waals surface area contributed by atoms with Gasteiger partial charge in [-0.3, -0.25) is 4.99 Å². The molecule has 1 fully saturated rings. The second kappa shape index (κ2) is 8.97. The van der Waals surface area contributed by atoms with E-state index in [9.17, 15) is 8.78 Å². The highest BCUT2D eigenvalue weighted by Gasteiger charge is 2.50. The number of hydrogen-bond donors (Lipinski definition) is 0. The maximum absolute atomic E-state index is 13.6. The van der Waals surface area contributed by atoms with Crippen molar-refractivity contribution in [2.24, 2.45) is 4.99 Å². The molecule has 1 heterocycles. The maximum atomic E-state index is 13.6. The summed E-state index contributed by atoms with van der Waals surface area (Å²) in [5, 5.41) is 0.